The minimum atomic E-state index is -4.15. The summed E-state index contributed by atoms with van der Waals surface area (Å²) in [7, 11) is -8.29. The van der Waals surface area contributed by atoms with Crippen LogP contribution in [0.4, 0.5) is 0 Å². The number of H-pyrrole nitrogens is 2. The minimum absolute atomic E-state index is 0.219. The number of aryl methyl sites for hydroxylation is 2. The van der Waals surface area contributed by atoms with E-state index in [1.54, 1.807) is 0 Å². The van der Waals surface area contributed by atoms with E-state index >= 15 is 0 Å². The molecule has 0 aliphatic carbocycles. The number of hydrogen-bond acceptors (Lipinski definition) is 4. The summed E-state index contributed by atoms with van der Waals surface area (Å²) in [4.78, 5) is 54.6. The summed E-state index contributed by atoms with van der Waals surface area (Å²) in [6.07, 6.45) is 1.03. The van der Waals surface area contributed by atoms with Crippen LogP contribution in [0.25, 0.3) is 44.4 Å². The van der Waals surface area contributed by atoms with Gasteiger partial charge in [-0.15, -0.1) is 0 Å². The Kier molecular flexibility index (Phi) is 8.33. The van der Waals surface area contributed by atoms with Gasteiger partial charge in [0.15, 0.2) is 0 Å². The minimum Gasteiger partial charge on any atom is -0.355 e. The van der Waals surface area contributed by atoms with Crippen LogP contribution in [-0.4, -0.2) is 51.8 Å². The van der Waals surface area contributed by atoms with Crippen molar-refractivity contribution in [2.75, 3.05) is 12.3 Å². The second-order valence-corrected chi connectivity index (χ2v) is 14.7. The molecule has 0 saturated heterocycles. The molecule has 6 N–H and O–H groups in total. The molecule has 0 unspecified atom stereocenters. The van der Waals surface area contributed by atoms with Crippen LogP contribution in [0.5, 0.6) is 0 Å². The standard InChI is InChI=1S/C30H36N4O6P2/c1-17-11-22-14-27-19(3)23(7-5-9-41(35,36)37)29(33-27)16-30-24(8-6-10-42(38,39)40)20(4)28(34-30)15-26-18(2)12-21(32-26)13-25(17)31-22/h11-16,31-32H,5-10H2,1-4H3,(H2,35,36,37)(H2,38,39,40). The number of aromatic amines is 2. The van der Waals surface area contributed by atoms with Gasteiger partial charge in [-0.25, -0.2) is 9.97 Å². The smallest absolute Gasteiger partial charge is 0.325 e. The van der Waals surface area contributed by atoms with Crippen molar-refractivity contribution in [3.63, 3.8) is 0 Å². The Morgan fingerprint density at radius 2 is 1.02 bits per heavy atom. The average molecular weight is 611 g/mol. The van der Waals surface area contributed by atoms with E-state index in [9.17, 15) is 28.7 Å². The molecule has 0 fully saturated rings. The molecule has 2 aliphatic rings. The average Bonchev–Trinajstić information content (AvgIpc) is 3.56. The Balaban J connectivity index is 1.75. The molecule has 222 valence electrons. The molecule has 0 atom stereocenters. The van der Waals surface area contributed by atoms with E-state index in [1.807, 2.05) is 45.9 Å². The first kappa shape index (κ1) is 30.4. The molecule has 42 heavy (non-hydrogen) atoms. The zero-order chi connectivity index (χ0) is 30.4. The summed E-state index contributed by atoms with van der Waals surface area (Å²) in [5.41, 5.74) is 12.4. The second kappa shape index (κ2) is 11.5. The van der Waals surface area contributed by atoms with Gasteiger partial charge in [0.25, 0.3) is 0 Å². The fourth-order valence-corrected chi connectivity index (χ4v) is 6.70. The van der Waals surface area contributed by atoms with E-state index in [0.717, 1.165) is 66.9 Å². The Morgan fingerprint density at radius 1 is 0.595 bits per heavy atom. The Hall–Kier alpha value is -3.10. The zero-order valence-electron chi connectivity index (χ0n) is 24.1. The Bertz CT molecular complexity index is 1890. The van der Waals surface area contributed by atoms with Gasteiger partial charge in [-0.1, -0.05) is 0 Å². The molecular formula is C30H36N4O6P2. The van der Waals surface area contributed by atoms with E-state index in [1.165, 1.54) is 0 Å². The van der Waals surface area contributed by atoms with E-state index in [4.69, 9.17) is 9.97 Å². The van der Waals surface area contributed by atoms with Crippen molar-refractivity contribution < 1.29 is 28.7 Å². The highest BCUT2D eigenvalue weighted by molar-refractivity contribution is 7.52. The van der Waals surface area contributed by atoms with E-state index < -0.39 is 15.2 Å². The molecule has 3 aromatic rings. The lowest BCUT2D eigenvalue weighted by Gasteiger charge is -2.08. The molecule has 0 radical (unpaired) electrons. The van der Waals surface area contributed by atoms with Gasteiger partial charge < -0.3 is 29.5 Å². The zero-order valence-corrected chi connectivity index (χ0v) is 25.9. The van der Waals surface area contributed by atoms with Crippen molar-refractivity contribution in [3.05, 3.63) is 70.3 Å². The lowest BCUT2D eigenvalue weighted by atomic mass is 9.99. The summed E-state index contributed by atoms with van der Waals surface area (Å²) in [6, 6.07) is 12.1. The summed E-state index contributed by atoms with van der Waals surface area (Å²) in [5.74, 6) is 0. The molecule has 2 aliphatic heterocycles. The summed E-state index contributed by atoms with van der Waals surface area (Å²) in [5, 5.41) is 0. The second-order valence-electron chi connectivity index (χ2n) is 11.2. The number of fused-ring (bicyclic) bond motifs is 8. The molecule has 10 nitrogen and oxygen atoms in total. The largest absolute Gasteiger partial charge is 0.355 e. The SMILES string of the molecule is CC1=C(CCCP(=O)(O)O)c2cc3nc(cc4[nH]c(cc4C)cc4[nH]c(cc1n2)cc4C)C(C)=C3CCCP(=O)(O)O. The maximum absolute atomic E-state index is 11.6. The molecule has 12 heteroatoms. The van der Waals surface area contributed by atoms with Gasteiger partial charge in [-0.3, -0.25) is 9.13 Å². The van der Waals surface area contributed by atoms with Crippen molar-refractivity contribution in [1.82, 2.24) is 19.9 Å². The maximum Gasteiger partial charge on any atom is 0.325 e. The number of aromatic nitrogens is 4. The van der Waals surface area contributed by atoms with Crippen LogP contribution in [0.3, 0.4) is 0 Å². The quantitative estimate of drug-likeness (QED) is 0.153. The number of hydrogen-bond donors (Lipinski definition) is 6. The molecular weight excluding hydrogens is 574 g/mol. The molecule has 0 spiro atoms. The van der Waals surface area contributed by atoms with Gasteiger partial charge >= 0.3 is 15.2 Å². The summed E-state index contributed by atoms with van der Waals surface area (Å²) in [6.45, 7) is 8.01. The molecule has 0 amide bonds. The predicted octanol–water partition coefficient (Wildman–Crippen LogP) is 6.71. The van der Waals surface area contributed by atoms with E-state index in [-0.39, 0.29) is 12.3 Å². The van der Waals surface area contributed by atoms with Crippen LogP contribution in [-0.2, 0) is 9.13 Å². The number of rotatable bonds is 8. The molecule has 8 bridgehead atoms. The highest BCUT2D eigenvalue weighted by Crippen LogP contribution is 2.41. The van der Waals surface area contributed by atoms with Gasteiger partial charge in [0.1, 0.15) is 0 Å². The third kappa shape index (κ3) is 6.92. The predicted molar refractivity (Wildman–Crippen MR) is 168 cm³/mol. The first-order valence-corrected chi connectivity index (χ1v) is 17.5. The summed E-state index contributed by atoms with van der Waals surface area (Å²) < 4.78 is 23.1. The van der Waals surface area contributed by atoms with Crippen LogP contribution in [0.2, 0.25) is 0 Å². The fraction of sp³-hybridized carbons (Fsp3) is 0.333. The van der Waals surface area contributed by atoms with Crippen LogP contribution in [0.15, 0.2) is 36.4 Å². The molecule has 0 aromatic carbocycles. The van der Waals surface area contributed by atoms with Gasteiger partial charge in [0.05, 0.1) is 35.1 Å². The van der Waals surface area contributed by atoms with Gasteiger partial charge in [-0.05, 0) is 123 Å². The number of nitrogens with one attached hydrogen (secondary N) is 2. The Morgan fingerprint density at radius 3 is 1.50 bits per heavy atom. The van der Waals surface area contributed by atoms with Crippen molar-refractivity contribution in [2.24, 2.45) is 0 Å². The Labute approximate surface area is 244 Å². The maximum atomic E-state index is 11.6. The molecule has 0 saturated carbocycles. The first-order valence-electron chi connectivity index (χ1n) is 13.9. The first-order chi connectivity index (χ1) is 19.7. The third-order valence-corrected chi connectivity index (χ3v) is 9.62. The van der Waals surface area contributed by atoms with Crippen molar-refractivity contribution >= 4 is 59.6 Å². The molecule has 5 rings (SSSR count). The van der Waals surface area contributed by atoms with Gasteiger partial charge in [0.2, 0.25) is 0 Å². The van der Waals surface area contributed by atoms with E-state index in [0.29, 0.717) is 37.1 Å². The van der Waals surface area contributed by atoms with Crippen molar-refractivity contribution in [1.29, 1.82) is 0 Å². The monoisotopic (exact) mass is 610 g/mol. The molecule has 3 aromatic heterocycles. The normalized spacial score (nSPS) is 14.3. The van der Waals surface area contributed by atoms with Crippen LogP contribution in [0, 0.1) is 13.8 Å². The molecule has 5 heterocycles. The van der Waals surface area contributed by atoms with Crippen LogP contribution < -0.4 is 0 Å². The number of allylic oxidation sites excluding steroid dienone is 4. The van der Waals surface area contributed by atoms with Crippen LogP contribution >= 0.6 is 15.2 Å². The van der Waals surface area contributed by atoms with Gasteiger partial charge in [-0.2, -0.15) is 0 Å². The van der Waals surface area contributed by atoms with Crippen molar-refractivity contribution in [3.8, 4) is 0 Å². The lowest BCUT2D eigenvalue weighted by molar-refractivity contribution is 0.369. The topological polar surface area (TPSA) is 172 Å². The third-order valence-electron chi connectivity index (χ3n) is 7.82. The van der Waals surface area contributed by atoms with Crippen molar-refractivity contribution in [2.45, 2.75) is 53.4 Å². The van der Waals surface area contributed by atoms with Crippen LogP contribution in [0.1, 0.15) is 73.4 Å². The van der Waals surface area contributed by atoms with Gasteiger partial charge in [0, 0.05) is 22.1 Å². The highest BCUT2D eigenvalue weighted by Gasteiger charge is 2.23. The fourth-order valence-electron chi connectivity index (χ4n) is 5.56. The number of nitrogens with zero attached hydrogens (tertiary/aromatic N) is 2. The lowest BCUT2D eigenvalue weighted by Crippen LogP contribution is -1.93. The highest BCUT2D eigenvalue weighted by atomic mass is 31.2. The summed E-state index contributed by atoms with van der Waals surface area (Å²) >= 11 is 0. The van der Waals surface area contributed by atoms with E-state index in [2.05, 4.69) is 28.2 Å².